The third-order valence-corrected chi connectivity index (χ3v) is 4.45. The van der Waals surface area contributed by atoms with Gasteiger partial charge in [0, 0.05) is 11.9 Å². The minimum Gasteiger partial charge on any atom is -0.480 e. The van der Waals surface area contributed by atoms with Gasteiger partial charge in [0.15, 0.2) is 0 Å². The molecule has 0 spiro atoms. The van der Waals surface area contributed by atoms with Crippen LogP contribution in [0.4, 0.5) is 0 Å². The Bertz CT molecular complexity index is 486. The highest BCUT2D eigenvalue weighted by Crippen LogP contribution is 2.27. The highest BCUT2D eigenvalue weighted by atomic mass is 32.1. The summed E-state index contributed by atoms with van der Waals surface area (Å²) >= 11 is 1.41. The highest BCUT2D eigenvalue weighted by Gasteiger charge is 2.36. The number of carboxylic acids is 1. The molecule has 2 unspecified atom stereocenters. The second-order valence-electron chi connectivity index (χ2n) is 4.90. The first kappa shape index (κ1) is 14.0. The number of hydrogen-bond acceptors (Lipinski definition) is 4. The van der Waals surface area contributed by atoms with E-state index in [-0.39, 0.29) is 5.91 Å². The zero-order valence-corrected chi connectivity index (χ0v) is 11.9. The fourth-order valence-corrected chi connectivity index (χ4v) is 3.08. The molecule has 1 N–H and O–H groups in total. The van der Waals surface area contributed by atoms with Gasteiger partial charge in [-0.05, 0) is 25.7 Å². The van der Waals surface area contributed by atoms with Gasteiger partial charge in [-0.25, -0.2) is 9.78 Å². The second kappa shape index (κ2) is 5.69. The molecule has 19 heavy (non-hydrogen) atoms. The largest absolute Gasteiger partial charge is 0.480 e. The molecular formula is C13H18N2O3S. The van der Waals surface area contributed by atoms with Gasteiger partial charge in [0.05, 0.1) is 5.01 Å². The molecule has 2 atom stereocenters. The molecule has 0 bridgehead atoms. The van der Waals surface area contributed by atoms with Crippen molar-refractivity contribution < 1.29 is 14.7 Å². The average Bonchev–Trinajstić information content (AvgIpc) is 2.83. The van der Waals surface area contributed by atoms with E-state index in [1.807, 2.05) is 6.92 Å². The van der Waals surface area contributed by atoms with Crippen LogP contribution in [0.2, 0.25) is 0 Å². The van der Waals surface area contributed by atoms with Crippen LogP contribution >= 0.6 is 11.3 Å². The maximum Gasteiger partial charge on any atom is 0.326 e. The lowest BCUT2D eigenvalue weighted by atomic mass is 9.88. The highest BCUT2D eigenvalue weighted by molar-refractivity contribution is 7.09. The molecule has 1 aromatic heterocycles. The first-order valence-corrected chi connectivity index (χ1v) is 7.36. The first-order chi connectivity index (χ1) is 9.02. The zero-order chi connectivity index (χ0) is 14.0. The molecule has 1 saturated heterocycles. The Hall–Kier alpha value is -1.43. The van der Waals surface area contributed by atoms with Crippen molar-refractivity contribution in [3.05, 3.63) is 16.1 Å². The number of carbonyl (C=O) groups excluding carboxylic acids is 1. The molecule has 1 aliphatic heterocycles. The molecule has 1 aromatic rings. The number of amides is 1. The van der Waals surface area contributed by atoms with E-state index < -0.39 is 12.0 Å². The summed E-state index contributed by atoms with van der Waals surface area (Å²) < 4.78 is 0. The van der Waals surface area contributed by atoms with E-state index in [0.717, 1.165) is 17.8 Å². The fourth-order valence-electron chi connectivity index (χ4n) is 2.50. The lowest BCUT2D eigenvalue weighted by Crippen LogP contribution is -2.50. The Balaban J connectivity index is 2.17. The SMILES string of the molecule is CCC1CCN(C(=O)c2csc(C)n2)C(C(=O)O)C1. The minimum absolute atomic E-state index is 0.258. The van der Waals surface area contributed by atoms with Gasteiger partial charge in [-0.1, -0.05) is 13.3 Å². The Kier molecular flexibility index (Phi) is 4.19. The summed E-state index contributed by atoms with van der Waals surface area (Å²) in [6.45, 7) is 4.40. The number of aryl methyl sites for hydroxylation is 1. The fraction of sp³-hybridized carbons (Fsp3) is 0.615. The molecular weight excluding hydrogens is 264 g/mol. The summed E-state index contributed by atoms with van der Waals surface area (Å²) in [5.74, 6) is -0.785. The molecule has 6 heteroatoms. The number of carbonyl (C=O) groups is 2. The standard InChI is InChI=1S/C13H18N2O3S/c1-3-9-4-5-15(11(6-9)13(17)18)12(16)10-7-19-8(2)14-10/h7,9,11H,3-6H2,1-2H3,(H,17,18). The van der Waals surface area contributed by atoms with Gasteiger partial charge in [0.25, 0.3) is 5.91 Å². The second-order valence-corrected chi connectivity index (χ2v) is 5.97. The van der Waals surface area contributed by atoms with Gasteiger partial charge < -0.3 is 10.0 Å². The molecule has 5 nitrogen and oxygen atoms in total. The monoisotopic (exact) mass is 282 g/mol. The number of aromatic nitrogens is 1. The summed E-state index contributed by atoms with van der Waals surface area (Å²) in [6.07, 6.45) is 2.37. The van der Waals surface area contributed by atoms with Gasteiger partial charge in [-0.15, -0.1) is 11.3 Å². The van der Waals surface area contributed by atoms with Gasteiger partial charge in [-0.3, -0.25) is 4.79 Å². The van der Waals surface area contributed by atoms with Crippen LogP contribution in [0.5, 0.6) is 0 Å². The Morgan fingerprint density at radius 2 is 2.32 bits per heavy atom. The lowest BCUT2D eigenvalue weighted by Gasteiger charge is -2.36. The van der Waals surface area contributed by atoms with Crippen LogP contribution < -0.4 is 0 Å². The molecule has 0 radical (unpaired) electrons. The zero-order valence-electron chi connectivity index (χ0n) is 11.1. The number of hydrogen-bond donors (Lipinski definition) is 1. The van der Waals surface area contributed by atoms with Gasteiger partial charge in [-0.2, -0.15) is 0 Å². The van der Waals surface area contributed by atoms with Crippen molar-refractivity contribution in [2.45, 2.75) is 39.2 Å². The van der Waals surface area contributed by atoms with Gasteiger partial charge in [0.2, 0.25) is 0 Å². The Morgan fingerprint density at radius 3 is 2.84 bits per heavy atom. The minimum atomic E-state index is -0.918. The molecule has 1 amide bonds. The average molecular weight is 282 g/mol. The van der Waals surface area contributed by atoms with E-state index in [1.54, 1.807) is 5.38 Å². The van der Waals surface area contributed by atoms with E-state index in [9.17, 15) is 14.7 Å². The summed E-state index contributed by atoms with van der Waals surface area (Å²) in [4.78, 5) is 29.3. The number of thiazole rings is 1. The number of rotatable bonds is 3. The van der Waals surface area contributed by atoms with Crippen molar-refractivity contribution in [3.8, 4) is 0 Å². The van der Waals surface area contributed by atoms with E-state index in [0.29, 0.717) is 24.6 Å². The van der Waals surface area contributed by atoms with Gasteiger partial charge >= 0.3 is 5.97 Å². The van der Waals surface area contributed by atoms with Crippen molar-refractivity contribution in [1.82, 2.24) is 9.88 Å². The third kappa shape index (κ3) is 2.94. The van der Waals surface area contributed by atoms with Crippen molar-refractivity contribution in [1.29, 1.82) is 0 Å². The summed E-state index contributed by atoms with van der Waals surface area (Å²) in [5, 5.41) is 11.8. The predicted octanol–water partition coefficient (Wildman–Crippen LogP) is 2.17. The summed E-state index contributed by atoms with van der Waals surface area (Å²) in [6, 6.07) is -0.715. The van der Waals surface area contributed by atoms with Crippen molar-refractivity contribution in [2.75, 3.05) is 6.54 Å². The van der Waals surface area contributed by atoms with Crippen LogP contribution in [0.1, 0.15) is 41.7 Å². The van der Waals surface area contributed by atoms with Gasteiger partial charge in [0.1, 0.15) is 11.7 Å². The Labute approximate surface area is 116 Å². The topological polar surface area (TPSA) is 70.5 Å². The van der Waals surface area contributed by atoms with Crippen molar-refractivity contribution in [3.63, 3.8) is 0 Å². The maximum absolute atomic E-state index is 12.3. The molecule has 2 heterocycles. The van der Waals surface area contributed by atoms with Crippen LogP contribution in [0, 0.1) is 12.8 Å². The van der Waals surface area contributed by atoms with E-state index in [4.69, 9.17) is 0 Å². The first-order valence-electron chi connectivity index (χ1n) is 6.48. The molecule has 0 aliphatic carbocycles. The maximum atomic E-state index is 12.3. The van der Waals surface area contributed by atoms with Crippen LogP contribution in [-0.4, -0.2) is 39.5 Å². The number of nitrogens with zero attached hydrogens (tertiary/aromatic N) is 2. The lowest BCUT2D eigenvalue weighted by molar-refractivity contribution is -0.144. The van der Waals surface area contributed by atoms with Crippen LogP contribution in [0.3, 0.4) is 0 Å². The molecule has 1 aliphatic rings. The normalized spacial score (nSPS) is 23.4. The van der Waals surface area contributed by atoms with E-state index in [1.165, 1.54) is 16.2 Å². The molecule has 104 valence electrons. The third-order valence-electron chi connectivity index (χ3n) is 3.67. The van der Waals surface area contributed by atoms with Crippen molar-refractivity contribution in [2.24, 2.45) is 5.92 Å². The van der Waals surface area contributed by atoms with Crippen molar-refractivity contribution >= 4 is 23.2 Å². The number of likely N-dealkylation sites (tertiary alicyclic amines) is 1. The summed E-state index contributed by atoms with van der Waals surface area (Å²) in [5.41, 5.74) is 0.365. The summed E-state index contributed by atoms with van der Waals surface area (Å²) in [7, 11) is 0. The van der Waals surface area contributed by atoms with E-state index in [2.05, 4.69) is 11.9 Å². The van der Waals surface area contributed by atoms with Crippen LogP contribution in [-0.2, 0) is 4.79 Å². The van der Waals surface area contributed by atoms with Crippen LogP contribution in [0.25, 0.3) is 0 Å². The number of aliphatic carboxylic acids is 1. The van der Waals surface area contributed by atoms with Crippen LogP contribution in [0.15, 0.2) is 5.38 Å². The smallest absolute Gasteiger partial charge is 0.326 e. The molecule has 2 rings (SSSR count). The quantitative estimate of drug-likeness (QED) is 0.922. The number of carboxylic acid groups (broad SMARTS) is 1. The Morgan fingerprint density at radius 1 is 1.58 bits per heavy atom. The number of piperidine rings is 1. The molecule has 0 aromatic carbocycles. The predicted molar refractivity (Wildman–Crippen MR) is 72.3 cm³/mol. The van der Waals surface area contributed by atoms with E-state index >= 15 is 0 Å². The molecule has 0 saturated carbocycles. The molecule has 1 fully saturated rings.